The summed E-state index contributed by atoms with van der Waals surface area (Å²) < 4.78 is 1.02. The van der Waals surface area contributed by atoms with Crippen molar-refractivity contribution in [2.75, 3.05) is 0 Å². The number of fused-ring (bicyclic) bond motifs is 1. The van der Waals surface area contributed by atoms with Gasteiger partial charge in [-0.2, -0.15) is 4.73 Å². The van der Waals surface area contributed by atoms with Crippen LogP contribution < -0.4 is 4.73 Å². The normalized spacial score (nSPS) is 16.9. The molecule has 1 aliphatic carbocycles. The number of hydrogen-bond acceptors (Lipinski definition) is 1. The molecule has 0 aliphatic heterocycles. The second-order valence-electron chi connectivity index (χ2n) is 5.21. The van der Waals surface area contributed by atoms with E-state index >= 15 is 0 Å². The van der Waals surface area contributed by atoms with Crippen LogP contribution in [0.15, 0.2) is 24.3 Å². The van der Waals surface area contributed by atoms with Gasteiger partial charge in [0.05, 0.1) is 10.4 Å². The maximum atomic E-state index is 12.5. The fourth-order valence-corrected chi connectivity index (χ4v) is 3.40. The predicted molar refractivity (Wildman–Crippen MR) is 78.8 cm³/mol. The second kappa shape index (κ2) is 5.18. The lowest BCUT2D eigenvalue weighted by atomic mass is 9.86. The van der Waals surface area contributed by atoms with Gasteiger partial charge in [0, 0.05) is 23.1 Å². The standard InChI is InChI=1S/C15H15Cl2NO/c16-11-6-7-12-13(17)9-14(18(19)15(12)8-11)10-4-2-1-3-5-10/h6-10H,1-5H2. The van der Waals surface area contributed by atoms with E-state index in [2.05, 4.69) is 0 Å². The zero-order valence-electron chi connectivity index (χ0n) is 10.5. The van der Waals surface area contributed by atoms with Gasteiger partial charge in [-0.15, -0.1) is 0 Å². The van der Waals surface area contributed by atoms with E-state index in [1.807, 2.05) is 6.07 Å². The molecule has 1 heterocycles. The van der Waals surface area contributed by atoms with Crippen molar-refractivity contribution in [1.82, 2.24) is 0 Å². The third kappa shape index (κ3) is 2.39. The van der Waals surface area contributed by atoms with Crippen LogP contribution in [-0.4, -0.2) is 0 Å². The smallest absolute Gasteiger partial charge is 0.226 e. The summed E-state index contributed by atoms with van der Waals surface area (Å²) in [7, 11) is 0. The Morgan fingerprint density at radius 2 is 1.79 bits per heavy atom. The summed E-state index contributed by atoms with van der Waals surface area (Å²) in [6.07, 6.45) is 5.80. The Kier molecular flexibility index (Phi) is 3.55. The van der Waals surface area contributed by atoms with Gasteiger partial charge in [0.15, 0.2) is 5.69 Å². The Hall–Kier alpha value is -0.990. The first-order valence-corrected chi connectivity index (χ1v) is 7.43. The van der Waals surface area contributed by atoms with Crippen LogP contribution in [0.4, 0.5) is 0 Å². The maximum absolute atomic E-state index is 12.5. The van der Waals surface area contributed by atoms with Crippen molar-refractivity contribution in [3.05, 3.63) is 45.2 Å². The van der Waals surface area contributed by atoms with Crippen molar-refractivity contribution in [3.8, 4) is 0 Å². The molecular weight excluding hydrogens is 281 g/mol. The molecule has 0 unspecified atom stereocenters. The highest BCUT2D eigenvalue weighted by atomic mass is 35.5. The summed E-state index contributed by atoms with van der Waals surface area (Å²) in [5.41, 5.74) is 1.36. The Morgan fingerprint density at radius 3 is 2.53 bits per heavy atom. The van der Waals surface area contributed by atoms with E-state index in [1.54, 1.807) is 18.2 Å². The summed E-state index contributed by atoms with van der Waals surface area (Å²) in [4.78, 5) is 0. The van der Waals surface area contributed by atoms with Crippen LogP contribution in [0, 0.1) is 5.21 Å². The Balaban J connectivity index is 2.17. The minimum Gasteiger partial charge on any atom is -0.618 e. The van der Waals surface area contributed by atoms with Crippen LogP contribution >= 0.6 is 23.2 Å². The first-order chi connectivity index (χ1) is 9.16. The molecule has 100 valence electrons. The number of halogens is 2. The first kappa shape index (κ1) is 13.0. The average Bonchev–Trinajstić information content (AvgIpc) is 2.43. The quantitative estimate of drug-likeness (QED) is 0.547. The van der Waals surface area contributed by atoms with Gasteiger partial charge in [-0.05, 0) is 25.0 Å². The molecule has 1 aromatic carbocycles. The molecule has 0 radical (unpaired) electrons. The molecule has 3 rings (SSSR count). The molecule has 2 nitrogen and oxygen atoms in total. The fraction of sp³-hybridized carbons (Fsp3) is 0.400. The number of nitrogens with zero attached hydrogens (tertiary/aromatic N) is 1. The number of aromatic nitrogens is 1. The molecule has 0 spiro atoms. The summed E-state index contributed by atoms with van der Waals surface area (Å²) >= 11 is 12.3. The molecule has 1 fully saturated rings. The lowest BCUT2D eigenvalue weighted by molar-refractivity contribution is -0.588. The molecule has 2 aromatic rings. The van der Waals surface area contributed by atoms with E-state index in [4.69, 9.17) is 23.2 Å². The van der Waals surface area contributed by atoms with Gasteiger partial charge >= 0.3 is 0 Å². The van der Waals surface area contributed by atoms with Crippen molar-refractivity contribution < 1.29 is 4.73 Å². The van der Waals surface area contributed by atoms with E-state index in [9.17, 15) is 5.21 Å². The van der Waals surface area contributed by atoms with Gasteiger partial charge < -0.3 is 5.21 Å². The first-order valence-electron chi connectivity index (χ1n) is 6.68. The largest absolute Gasteiger partial charge is 0.618 e. The van der Waals surface area contributed by atoms with Crippen molar-refractivity contribution >= 4 is 34.1 Å². The molecule has 0 bridgehead atoms. The second-order valence-corrected chi connectivity index (χ2v) is 6.05. The van der Waals surface area contributed by atoms with Crippen molar-refractivity contribution in [2.45, 2.75) is 38.0 Å². The lowest BCUT2D eigenvalue weighted by Gasteiger charge is -2.21. The van der Waals surface area contributed by atoms with E-state index in [-0.39, 0.29) is 0 Å². The highest BCUT2D eigenvalue weighted by molar-refractivity contribution is 6.36. The van der Waals surface area contributed by atoms with Crippen LogP contribution in [0.25, 0.3) is 10.9 Å². The van der Waals surface area contributed by atoms with E-state index < -0.39 is 0 Å². The van der Waals surface area contributed by atoms with E-state index in [0.29, 0.717) is 21.5 Å². The van der Waals surface area contributed by atoms with Gasteiger partial charge in [-0.3, -0.25) is 0 Å². The molecule has 19 heavy (non-hydrogen) atoms. The highest BCUT2D eigenvalue weighted by Crippen LogP contribution is 2.34. The minimum absolute atomic E-state index is 0.326. The fourth-order valence-electron chi connectivity index (χ4n) is 2.96. The van der Waals surface area contributed by atoms with Gasteiger partial charge in [0.1, 0.15) is 0 Å². The zero-order valence-corrected chi connectivity index (χ0v) is 12.0. The van der Waals surface area contributed by atoms with Gasteiger partial charge in [-0.25, -0.2) is 0 Å². The monoisotopic (exact) mass is 295 g/mol. The third-order valence-corrected chi connectivity index (χ3v) is 4.52. The van der Waals surface area contributed by atoms with Crippen LogP contribution in [0.1, 0.15) is 43.7 Å². The molecule has 1 saturated carbocycles. The molecule has 4 heteroatoms. The number of hydrogen-bond donors (Lipinski definition) is 0. The number of benzene rings is 1. The van der Waals surface area contributed by atoms with Crippen molar-refractivity contribution in [1.29, 1.82) is 0 Å². The molecule has 1 aromatic heterocycles. The van der Waals surface area contributed by atoms with E-state index in [0.717, 1.165) is 28.7 Å². The van der Waals surface area contributed by atoms with Crippen LogP contribution in [0.2, 0.25) is 10.0 Å². The summed E-state index contributed by atoms with van der Waals surface area (Å²) in [5, 5.41) is 14.5. The topological polar surface area (TPSA) is 26.9 Å². The van der Waals surface area contributed by atoms with Crippen molar-refractivity contribution in [3.63, 3.8) is 0 Å². The predicted octanol–water partition coefficient (Wildman–Crippen LogP) is 4.83. The Morgan fingerprint density at radius 1 is 1.05 bits per heavy atom. The molecule has 0 N–H and O–H groups in total. The third-order valence-electron chi connectivity index (χ3n) is 3.97. The molecule has 0 atom stereocenters. The number of rotatable bonds is 1. The molecule has 1 aliphatic rings. The average molecular weight is 296 g/mol. The Bertz CT molecular complexity index is 621. The Labute approximate surface area is 122 Å². The van der Waals surface area contributed by atoms with Crippen LogP contribution in [0.5, 0.6) is 0 Å². The summed E-state index contributed by atoms with van der Waals surface area (Å²) in [6, 6.07) is 7.10. The summed E-state index contributed by atoms with van der Waals surface area (Å²) in [5.74, 6) is 0.326. The maximum Gasteiger partial charge on any atom is 0.226 e. The molecule has 0 amide bonds. The van der Waals surface area contributed by atoms with Crippen molar-refractivity contribution in [2.24, 2.45) is 0 Å². The van der Waals surface area contributed by atoms with Gasteiger partial charge in [0.25, 0.3) is 0 Å². The zero-order chi connectivity index (χ0) is 13.4. The SMILES string of the molecule is [O-][n+]1c(C2CCCCC2)cc(Cl)c2ccc(Cl)cc21. The van der Waals surface area contributed by atoms with Crippen LogP contribution in [-0.2, 0) is 0 Å². The minimum atomic E-state index is 0.326. The van der Waals surface area contributed by atoms with Gasteiger partial charge in [0.2, 0.25) is 5.52 Å². The van der Waals surface area contributed by atoms with E-state index in [1.165, 1.54) is 19.3 Å². The molecule has 0 saturated heterocycles. The summed E-state index contributed by atoms with van der Waals surface area (Å²) in [6.45, 7) is 0. The molecular formula is C15H15Cl2NO. The highest BCUT2D eigenvalue weighted by Gasteiger charge is 2.25. The number of pyridine rings is 1. The lowest BCUT2D eigenvalue weighted by Crippen LogP contribution is -2.35. The van der Waals surface area contributed by atoms with Crippen LogP contribution in [0.3, 0.4) is 0 Å². The van der Waals surface area contributed by atoms with Gasteiger partial charge in [-0.1, -0.05) is 42.5 Å².